The van der Waals surface area contributed by atoms with E-state index in [2.05, 4.69) is 22.8 Å². The first-order chi connectivity index (χ1) is 10.8. The third-order valence-electron chi connectivity index (χ3n) is 3.41. The normalized spacial score (nSPS) is 11.7. The standard InChI is InChI=1S/C18H22N2O2/c21-13-7-12-19-18(22)20-17(16-10-5-2-6-11-16)14-15-8-3-1-4-9-15/h1-6,8-11,17,21H,7,12-14H2,(H2,19,20,22)/t17-/m1/s1. The van der Waals surface area contributed by atoms with Gasteiger partial charge in [0.2, 0.25) is 0 Å². The maximum atomic E-state index is 12.0. The molecule has 2 aromatic carbocycles. The second kappa shape index (κ2) is 8.85. The number of urea groups is 1. The van der Waals surface area contributed by atoms with E-state index in [9.17, 15) is 4.79 Å². The minimum absolute atomic E-state index is 0.0758. The minimum Gasteiger partial charge on any atom is -0.396 e. The van der Waals surface area contributed by atoms with Gasteiger partial charge in [0.05, 0.1) is 6.04 Å². The fourth-order valence-corrected chi connectivity index (χ4v) is 2.28. The number of hydrogen-bond donors (Lipinski definition) is 3. The maximum Gasteiger partial charge on any atom is 0.315 e. The Kier molecular flexibility index (Phi) is 6.45. The number of carbonyl (C=O) groups excluding carboxylic acids is 1. The molecule has 0 aliphatic carbocycles. The molecule has 0 radical (unpaired) electrons. The van der Waals surface area contributed by atoms with Gasteiger partial charge in [-0.3, -0.25) is 0 Å². The molecule has 0 aliphatic rings. The first kappa shape index (κ1) is 16.0. The average Bonchev–Trinajstić information content (AvgIpc) is 2.56. The Hall–Kier alpha value is -2.33. The third kappa shape index (κ3) is 5.22. The zero-order chi connectivity index (χ0) is 15.6. The van der Waals surface area contributed by atoms with Crippen molar-refractivity contribution in [3.63, 3.8) is 0 Å². The molecule has 116 valence electrons. The number of hydrogen-bond acceptors (Lipinski definition) is 2. The van der Waals surface area contributed by atoms with Gasteiger partial charge in [-0.2, -0.15) is 0 Å². The van der Waals surface area contributed by atoms with Crippen LogP contribution in [0.1, 0.15) is 23.6 Å². The molecule has 0 bridgehead atoms. The van der Waals surface area contributed by atoms with E-state index in [-0.39, 0.29) is 18.7 Å². The van der Waals surface area contributed by atoms with E-state index in [0.29, 0.717) is 13.0 Å². The van der Waals surface area contributed by atoms with Gasteiger partial charge in [0.25, 0.3) is 0 Å². The summed E-state index contributed by atoms with van der Waals surface area (Å²) >= 11 is 0. The molecule has 0 aromatic heterocycles. The predicted molar refractivity (Wildman–Crippen MR) is 87.6 cm³/mol. The third-order valence-corrected chi connectivity index (χ3v) is 3.41. The quantitative estimate of drug-likeness (QED) is 0.688. The lowest BCUT2D eigenvalue weighted by atomic mass is 9.99. The Balaban J connectivity index is 2.04. The van der Waals surface area contributed by atoms with E-state index in [1.54, 1.807) is 0 Å². The number of benzene rings is 2. The Bertz CT molecular complexity index is 558. The molecule has 4 heteroatoms. The minimum atomic E-state index is -0.210. The second-order valence-electron chi connectivity index (χ2n) is 5.13. The lowest BCUT2D eigenvalue weighted by Crippen LogP contribution is -2.39. The van der Waals surface area contributed by atoms with Gasteiger partial charge in [0.1, 0.15) is 0 Å². The zero-order valence-electron chi connectivity index (χ0n) is 12.5. The van der Waals surface area contributed by atoms with E-state index in [0.717, 1.165) is 12.0 Å². The van der Waals surface area contributed by atoms with Crippen molar-refractivity contribution in [2.75, 3.05) is 13.2 Å². The van der Waals surface area contributed by atoms with Gasteiger partial charge in [-0.1, -0.05) is 60.7 Å². The van der Waals surface area contributed by atoms with Gasteiger partial charge < -0.3 is 15.7 Å². The van der Waals surface area contributed by atoms with Crippen LogP contribution in [-0.4, -0.2) is 24.3 Å². The molecule has 0 fully saturated rings. The van der Waals surface area contributed by atoms with Crippen LogP contribution in [0.4, 0.5) is 4.79 Å². The van der Waals surface area contributed by atoms with Crippen LogP contribution >= 0.6 is 0 Å². The molecular formula is C18H22N2O2. The van der Waals surface area contributed by atoms with E-state index >= 15 is 0 Å². The topological polar surface area (TPSA) is 61.4 Å². The van der Waals surface area contributed by atoms with Crippen molar-refractivity contribution in [2.24, 2.45) is 0 Å². The number of aliphatic hydroxyl groups is 1. The average molecular weight is 298 g/mol. The Morgan fingerprint density at radius 1 is 1.00 bits per heavy atom. The van der Waals surface area contributed by atoms with Crippen molar-refractivity contribution in [3.05, 3.63) is 71.8 Å². The molecule has 0 saturated heterocycles. The molecule has 2 amide bonds. The molecule has 0 saturated carbocycles. The van der Waals surface area contributed by atoms with Crippen LogP contribution in [0.25, 0.3) is 0 Å². The smallest absolute Gasteiger partial charge is 0.315 e. The number of amides is 2. The van der Waals surface area contributed by atoms with Crippen LogP contribution in [0.3, 0.4) is 0 Å². The SMILES string of the molecule is O=C(NCCCO)N[C@H](Cc1ccccc1)c1ccccc1. The number of rotatable bonds is 7. The van der Waals surface area contributed by atoms with Gasteiger partial charge in [-0.25, -0.2) is 4.79 Å². The monoisotopic (exact) mass is 298 g/mol. The molecule has 3 N–H and O–H groups in total. The summed E-state index contributed by atoms with van der Waals surface area (Å²) < 4.78 is 0. The lowest BCUT2D eigenvalue weighted by molar-refractivity contribution is 0.234. The molecule has 2 aromatic rings. The largest absolute Gasteiger partial charge is 0.396 e. The Labute approximate surface area is 131 Å². The number of aliphatic hydroxyl groups excluding tert-OH is 1. The van der Waals surface area contributed by atoms with Crippen LogP contribution < -0.4 is 10.6 Å². The number of nitrogens with one attached hydrogen (secondary N) is 2. The van der Waals surface area contributed by atoms with Gasteiger partial charge in [-0.15, -0.1) is 0 Å². The highest BCUT2D eigenvalue weighted by Crippen LogP contribution is 2.18. The van der Waals surface area contributed by atoms with Crippen LogP contribution in [0.2, 0.25) is 0 Å². The number of carbonyl (C=O) groups is 1. The van der Waals surface area contributed by atoms with Crippen LogP contribution in [-0.2, 0) is 6.42 Å². The fourth-order valence-electron chi connectivity index (χ4n) is 2.28. The Morgan fingerprint density at radius 2 is 1.64 bits per heavy atom. The highest BCUT2D eigenvalue weighted by molar-refractivity contribution is 5.74. The van der Waals surface area contributed by atoms with Crippen molar-refractivity contribution in [1.82, 2.24) is 10.6 Å². The molecule has 22 heavy (non-hydrogen) atoms. The summed E-state index contributed by atoms with van der Waals surface area (Å²) in [5.41, 5.74) is 2.25. The molecule has 0 spiro atoms. The summed E-state index contributed by atoms with van der Waals surface area (Å²) in [6, 6.07) is 19.7. The van der Waals surface area contributed by atoms with Crippen LogP contribution in [0.5, 0.6) is 0 Å². The molecule has 0 unspecified atom stereocenters. The van der Waals surface area contributed by atoms with Crippen molar-refractivity contribution in [2.45, 2.75) is 18.9 Å². The first-order valence-electron chi connectivity index (χ1n) is 7.53. The highest BCUT2D eigenvalue weighted by atomic mass is 16.3. The van der Waals surface area contributed by atoms with Gasteiger partial charge >= 0.3 is 6.03 Å². The predicted octanol–water partition coefficient (Wildman–Crippen LogP) is 2.65. The van der Waals surface area contributed by atoms with Crippen LogP contribution in [0.15, 0.2) is 60.7 Å². The first-order valence-corrected chi connectivity index (χ1v) is 7.53. The Morgan fingerprint density at radius 3 is 2.27 bits per heavy atom. The molecule has 4 nitrogen and oxygen atoms in total. The molecule has 2 rings (SSSR count). The van der Waals surface area contributed by atoms with Crippen molar-refractivity contribution < 1.29 is 9.90 Å². The molecule has 0 aliphatic heterocycles. The maximum absolute atomic E-state index is 12.0. The van der Waals surface area contributed by atoms with E-state index in [1.807, 2.05) is 48.5 Å². The van der Waals surface area contributed by atoms with E-state index < -0.39 is 0 Å². The summed E-state index contributed by atoms with van der Waals surface area (Å²) in [5, 5.41) is 14.5. The van der Waals surface area contributed by atoms with E-state index in [1.165, 1.54) is 5.56 Å². The second-order valence-corrected chi connectivity index (χ2v) is 5.13. The molecule has 1 atom stereocenters. The summed E-state index contributed by atoms with van der Waals surface area (Å²) in [4.78, 5) is 12.0. The fraction of sp³-hybridized carbons (Fsp3) is 0.278. The van der Waals surface area contributed by atoms with Crippen molar-refractivity contribution in [3.8, 4) is 0 Å². The van der Waals surface area contributed by atoms with Crippen molar-refractivity contribution >= 4 is 6.03 Å². The van der Waals surface area contributed by atoms with Crippen LogP contribution in [0, 0.1) is 0 Å². The molecular weight excluding hydrogens is 276 g/mol. The van der Waals surface area contributed by atoms with Crippen molar-refractivity contribution in [1.29, 1.82) is 0 Å². The summed E-state index contributed by atoms with van der Waals surface area (Å²) in [7, 11) is 0. The highest BCUT2D eigenvalue weighted by Gasteiger charge is 2.14. The van der Waals surface area contributed by atoms with Gasteiger partial charge in [0.15, 0.2) is 0 Å². The van der Waals surface area contributed by atoms with Gasteiger partial charge in [0, 0.05) is 13.2 Å². The zero-order valence-corrected chi connectivity index (χ0v) is 12.5. The van der Waals surface area contributed by atoms with Gasteiger partial charge in [-0.05, 0) is 24.0 Å². The summed E-state index contributed by atoms with van der Waals surface area (Å²) in [5.74, 6) is 0. The lowest BCUT2D eigenvalue weighted by Gasteiger charge is -2.20. The molecule has 0 heterocycles. The summed E-state index contributed by atoms with van der Waals surface area (Å²) in [6.07, 6.45) is 1.29. The summed E-state index contributed by atoms with van der Waals surface area (Å²) in [6.45, 7) is 0.543. The van der Waals surface area contributed by atoms with E-state index in [4.69, 9.17) is 5.11 Å².